The number of hydrogen-bond donors (Lipinski definition) is 0. The van der Waals surface area contributed by atoms with Gasteiger partial charge in [0.15, 0.2) is 0 Å². The van der Waals surface area contributed by atoms with Gasteiger partial charge in [-0.15, -0.1) is 0 Å². The molecule has 0 aliphatic carbocycles. The molecule has 0 aromatic carbocycles. The topological polar surface area (TPSA) is 52.6 Å². The zero-order valence-electron chi connectivity index (χ0n) is 15.9. The van der Waals surface area contributed by atoms with Gasteiger partial charge in [-0.25, -0.2) is 9.97 Å². The lowest BCUT2D eigenvalue weighted by atomic mass is 10.0. The lowest BCUT2D eigenvalue weighted by molar-refractivity contribution is -0.136. The summed E-state index contributed by atoms with van der Waals surface area (Å²) < 4.78 is 0. The van der Waals surface area contributed by atoms with E-state index in [9.17, 15) is 4.79 Å². The zero-order valence-corrected chi connectivity index (χ0v) is 15.9. The molecule has 0 bridgehead atoms. The summed E-state index contributed by atoms with van der Waals surface area (Å²) in [5, 5.41) is 0. The number of aryl methyl sites for hydroxylation is 1. The maximum Gasteiger partial charge on any atom is 0.225 e. The van der Waals surface area contributed by atoms with Crippen molar-refractivity contribution in [3.05, 3.63) is 11.9 Å². The molecule has 0 atom stereocenters. The summed E-state index contributed by atoms with van der Waals surface area (Å²) >= 11 is 0. The molecule has 6 heteroatoms. The quantitative estimate of drug-likeness (QED) is 0.820. The molecule has 0 saturated carbocycles. The second kappa shape index (κ2) is 8.02. The second-order valence-corrected chi connectivity index (χ2v) is 7.15. The second-order valence-electron chi connectivity index (χ2n) is 7.15. The Balaban J connectivity index is 1.65. The van der Waals surface area contributed by atoms with Crippen molar-refractivity contribution in [3.8, 4) is 0 Å². The number of amides is 1. The van der Waals surface area contributed by atoms with Crippen molar-refractivity contribution >= 4 is 17.5 Å². The molecule has 1 aromatic rings. The van der Waals surface area contributed by atoms with Crippen LogP contribution in [0.2, 0.25) is 0 Å². The van der Waals surface area contributed by atoms with Gasteiger partial charge in [-0.05, 0) is 32.6 Å². The molecule has 2 aliphatic heterocycles. The third-order valence-electron chi connectivity index (χ3n) is 5.49. The molecule has 3 heterocycles. The van der Waals surface area contributed by atoms with Gasteiger partial charge in [-0.2, -0.15) is 0 Å². The highest BCUT2D eigenvalue weighted by molar-refractivity contribution is 5.79. The minimum atomic E-state index is 0.176. The Bertz CT molecular complexity index is 587. The fraction of sp³-hybridized carbons (Fsp3) is 0.737. The predicted molar refractivity (Wildman–Crippen MR) is 101 cm³/mol. The van der Waals surface area contributed by atoms with E-state index in [1.54, 1.807) is 0 Å². The van der Waals surface area contributed by atoms with Gasteiger partial charge in [0.2, 0.25) is 5.91 Å². The van der Waals surface area contributed by atoms with E-state index < -0.39 is 0 Å². The van der Waals surface area contributed by atoms with Gasteiger partial charge in [0.05, 0.1) is 0 Å². The molecule has 2 fully saturated rings. The fourth-order valence-electron chi connectivity index (χ4n) is 3.86. The molecule has 0 unspecified atom stereocenters. The minimum Gasteiger partial charge on any atom is -0.356 e. The first-order valence-corrected chi connectivity index (χ1v) is 9.76. The van der Waals surface area contributed by atoms with E-state index in [0.29, 0.717) is 5.91 Å². The molecular formula is C19H31N5O. The van der Waals surface area contributed by atoms with Crippen LogP contribution in [0.5, 0.6) is 0 Å². The van der Waals surface area contributed by atoms with Gasteiger partial charge in [0, 0.05) is 51.3 Å². The van der Waals surface area contributed by atoms with Gasteiger partial charge >= 0.3 is 0 Å². The lowest BCUT2D eigenvalue weighted by Gasteiger charge is -2.37. The van der Waals surface area contributed by atoms with Gasteiger partial charge in [-0.1, -0.05) is 13.8 Å². The molecule has 0 radical (unpaired) electrons. The van der Waals surface area contributed by atoms with Crippen LogP contribution in [0.4, 0.5) is 11.6 Å². The van der Waals surface area contributed by atoms with Gasteiger partial charge in [-0.3, -0.25) is 4.79 Å². The minimum absolute atomic E-state index is 0.176. The van der Waals surface area contributed by atoms with Crippen molar-refractivity contribution < 1.29 is 4.79 Å². The smallest absolute Gasteiger partial charge is 0.225 e. The lowest BCUT2D eigenvalue weighted by Crippen LogP contribution is -2.50. The number of aromatic nitrogens is 2. The average molecular weight is 345 g/mol. The van der Waals surface area contributed by atoms with E-state index in [-0.39, 0.29) is 5.92 Å². The molecule has 6 nitrogen and oxygen atoms in total. The van der Waals surface area contributed by atoms with Crippen LogP contribution in [0, 0.1) is 12.8 Å². The molecule has 0 N–H and O–H groups in total. The van der Waals surface area contributed by atoms with Crippen LogP contribution in [0.25, 0.3) is 0 Å². The van der Waals surface area contributed by atoms with Crippen molar-refractivity contribution in [2.45, 2.75) is 46.5 Å². The monoisotopic (exact) mass is 345 g/mol. The Morgan fingerprint density at radius 3 is 2.00 bits per heavy atom. The van der Waals surface area contributed by atoms with Crippen molar-refractivity contribution in [3.63, 3.8) is 0 Å². The summed E-state index contributed by atoms with van der Waals surface area (Å²) in [4.78, 5) is 28.5. The molecule has 2 aliphatic rings. The average Bonchev–Trinajstić information content (AvgIpc) is 3.17. The third-order valence-corrected chi connectivity index (χ3v) is 5.49. The number of carbonyl (C=O) groups is 1. The van der Waals surface area contributed by atoms with Crippen LogP contribution in [0.15, 0.2) is 6.07 Å². The molecule has 2 saturated heterocycles. The first-order valence-electron chi connectivity index (χ1n) is 9.76. The third kappa shape index (κ3) is 4.05. The zero-order chi connectivity index (χ0) is 17.8. The van der Waals surface area contributed by atoms with Crippen LogP contribution in [0.1, 0.15) is 45.4 Å². The SMILES string of the molecule is CCC(CC)C(=O)N1CCN(c2cc(N3CCCC3)nc(C)n2)CC1. The van der Waals surface area contributed by atoms with Crippen molar-refractivity contribution in [1.82, 2.24) is 14.9 Å². The molecule has 1 aromatic heterocycles. The molecular weight excluding hydrogens is 314 g/mol. The number of piperazine rings is 1. The number of anilines is 2. The highest BCUT2D eigenvalue weighted by Gasteiger charge is 2.26. The summed E-state index contributed by atoms with van der Waals surface area (Å²) in [5.74, 6) is 3.38. The van der Waals surface area contributed by atoms with Gasteiger partial charge in [0.25, 0.3) is 0 Å². The highest BCUT2D eigenvalue weighted by atomic mass is 16.2. The van der Waals surface area contributed by atoms with E-state index in [4.69, 9.17) is 0 Å². The Hall–Kier alpha value is -1.85. The molecule has 0 spiro atoms. The number of rotatable bonds is 5. The van der Waals surface area contributed by atoms with Crippen molar-refractivity contribution in [2.24, 2.45) is 5.92 Å². The predicted octanol–water partition coefficient (Wildman–Crippen LogP) is 2.47. The molecule has 25 heavy (non-hydrogen) atoms. The van der Waals surface area contributed by atoms with E-state index in [2.05, 4.69) is 39.7 Å². The Morgan fingerprint density at radius 1 is 0.960 bits per heavy atom. The molecule has 138 valence electrons. The van der Waals surface area contributed by atoms with E-state index in [0.717, 1.165) is 69.6 Å². The standard InChI is InChI=1S/C19H31N5O/c1-4-16(5-2)19(25)24-12-10-23(11-13-24)18-14-17(20-15(3)21-18)22-8-6-7-9-22/h14,16H,4-13H2,1-3H3. The fourth-order valence-corrected chi connectivity index (χ4v) is 3.86. The van der Waals surface area contributed by atoms with Crippen LogP contribution in [-0.4, -0.2) is 60.0 Å². The van der Waals surface area contributed by atoms with Gasteiger partial charge < -0.3 is 14.7 Å². The number of nitrogens with zero attached hydrogens (tertiary/aromatic N) is 5. The maximum atomic E-state index is 12.6. The normalized spacial score (nSPS) is 18.3. The van der Waals surface area contributed by atoms with Crippen LogP contribution < -0.4 is 9.80 Å². The van der Waals surface area contributed by atoms with Crippen LogP contribution in [-0.2, 0) is 4.79 Å². The number of carbonyl (C=O) groups excluding carboxylic acids is 1. The summed E-state index contributed by atoms with van der Waals surface area (Å²) in [6, 6.07) is 2.12. The van der Waals surface area contributed by atoms with Crippen molar-refractivity contribution in [2.75, 3.05) is 49.1 Å². The Morgan fingerprint density at radius 2 is 1.48 bits per heavy atom. The molecule has 3 rings (SSSR count). The first-order chi connectivity index (χ1) is 12.1. The molecule has 1 amide bonds. The van der Waals surface area contributed by atoms with E-state index in [1.165, 1.54) is 12.8 Å². The number of hydrogen-bond acceptors (Lipinski definition) is 5. The van der Waals surface area contributed by atoms with Crippen molar-refractivity contribution in [1.29, 1.82) is 0 Å². The van der Waals surface area contributed by atoms with Crippen LogP contribution >= 0.6 is 0 Å². The summed E-state index contributed by atoms with van der Waals surface area (Å²) in [6.07, 6.45) is 4.35. The van der Waals surface area contributed by atoms with Crippen LogP contribution in [0.3, 0.4) is 0 Å². The summed E-state index contributed by atoms with van der Waals surface area (Å²) in [7, 11) is 0. The highest BCUT2D eigenvalue weighted by Crippen LogP contribution is 2.24. The van der Waals surface area contributed by atoms with Gasteiger partial charge in [0.1, 0.15) is 17.5 Å². The first kappa shape index (κ1) is 18.0. The van der Waals surface area contributed by atoms with E-state index in [1.807, 2.05) is 11.8 Å². The summed E-state index contributed by atoms with van der Waals surface area (Å²) in [5.41, 5.74) is 0. The maximum absolute atomic E-state index is 12.6. The largest absolute Gasteiger partial charge is 0.356 e. The summed E-state index contributed by atoms with van der Waals surface area (Å²) in [6.45, 7) is 11.6. The van der Waals surface area contributed by atoms with E-state index >= 15 is 0 Å². The Labute approximate surface area is 151 Å². The Kier molecular flexibility index (Phi) is 5.76.